The van der Waals surface area contributed by atoms with Gasteiger partial charge in [0, 0.05) is 18.8 Å². The minimum atomic E-state index is -0.0460. The number of carbonyl (C=O) groups is 1. The highest BCUT2D eigenvalue weighted by Crippen LogP contribution is 2.34. The zero-order valence-corrected chi connectivity index (χ0v) is 15.8. The van der Waals surface area contributed by atoms with Gasteiger partial charge in [0.2, 0.25) is 0 Å². The molecule has 0 radical (unpaired) electrons. The van der Waals surface area contributed by atoms with Gasteiger partial charge in [0.15, 0.2) is 0 Å². The first-order valence-electron chi connectivity index (χ1n) is 9.40. The van der Waals surface area contributed by atoms with Gasteiger partial charge in [-0.1, -0.05) is 30.3 Å². The van der Waals surface area contributed by atoms with Crippen LogP contribution in [-0.2, 0) is 6.42 Å². The van der Waals surface area contributed by atoms with Gasteiger partial charge < -0.3 is 10.6 Å². The van der Waals surface area contributed by atoms with Crippen molar-refractivity contribution < 1.29 is 4.79 Å². The monoisotopic (exact) mass is 374 g/mol. The number of rotatable bonds is 6. The second-order valence-corrected chi connectivity index (χ2v) is 7.29. The third-order valence-electron chi connectivity index (χ3n) is 5.29. The van der Waals surface area contributed by atoms with Crippen LogP contribution in [-0.4, -0.2) is 34.8 Å². The first-order valence-corrected chi connectivity index (χ1v) is 9.40. The predicted octanol–water partition coefficient (Wildman–Crippen LogP) is 2.98. The first kappa shape index (κ1) is 18.9. The number of nitrogens with zero attached hydrogens (tertiary/aromatic N) is 2. The molecule has 5 nitrogen and oxygen atoms in total. The van der Waals surface area contributed by atoms with Gasteiger partial charge >= 0.3 is 0 Å². The highest BCUT2D eigenvalue weighted by molar-refractivity contribution is 5.92. The normalized spacial score (nSPS) is 20.8. The van der Waals surface area contributed by atoms with Crippen LogP contribution in [0.1, 0.15) is 47.8 Å². The van der Waals surface area contributed by atoms with E-state index < -0.39 is 0 Å². The molecule has 140 valence electrons. The summed E-state index contributed by atoms with van der Waals surface area (Å²) < 4.78 is 1.95. The Hall–Kier alpha value is -1.85. The summed E-state index contributed by atoms with van der Waals surface area (Å²) in [6.07, 6.45) is 7.53. The van der Waals surface area contributed by atoms with Crippen LogP contribution in [0, 0.1) is 5.92 Å². The first-order chi connectivity index (χ1) is 12.3. The lowest BCUT2D eigenvalue weighted by Crippen LogP contribution is -2.38. The molecule has 2 fully saturated rings. The van der Waals surface area contributed by atoms with Gasteiger partial charge in [0.25, 0.3) is 5.91 Å². The summed E-state index contributed by atoms with van der Waals surface area (Å²) in [7, 11) is 0. The molecule has 1 aliphatic heterocycles. The molecule has 2 aliphatic rings. The largest absolute Gasteiger partial charge is 0.347 e. The molecular formula is C20H27ClN4O. The Bertz CT molecular complexity index is 708. The van der Waals surface area contributed by atoms with Gasteiger partial charge in [-0.05, 0) is 56.2 Å². The zero-order valence-electron chi connectivity index (χ0n) is 14.9. The molecule has 1 saturated carbocycles. The van der Waals surface area contributed by atoms with Crippen LogP contribution in [0.3, 0.4) is 0 Å². The number of aromatic nitrogens is 2. The van der Waals surface area contributed by atoms with Gasteiger partial charge in [-0.15, -0.1) is 12.4 Å². The number of piperidine rings is 1. The van der Waals surface area contributed by atoms with E-state index in [0.29, 0.717) is 17.7 Å². The van der Waals surface area contributed by atoms with E-state index in [9.17, 15) is 4.79 Å². The van der Waals surface area contributed by atoms with E-state index in [1.165, 1.54) is 18.4 Å². The lowest BCUT2D eigenvalue weighted by molar-refractivity contribution is 0.0925. The van der Waals surface area contributed by atoms with Crippen LogP contribution in [0.2, 0.25) is 0 Å². The Labute approximate surface area is 161 Å². The lowest BCUT2D eigenvalue weighted by Gasteiger charge is -2.23. The minimum absolute atomic E-state index is 0. The molecule has 2 aromatic rings. The summed E-state index contributed by atoms with van der Waals surface area (Å²) >= 11 is 0. The lowest BCUT2D eigenvalue weighted by atomic mass is 10.0. The summed E-state index contributed by atoms with van der Waals surface area (Å²) in [6, 6.07) is 12.8. The predicted molar refractivity (Wildman–Crippen MR) is 105 cm³/mol. The fraction of sp³-hybridized carbons (Fsp3) is 0.500. The van der Waals surface area contributed by atoms with Crippen molar-refractivity contribution in [1.29, 1.82) is 0 Å². The maximum absolute atomic E-state index is 12.7. The second kappa shape index (κ2) is 8.69. The van der Waals surface area contributed by atoms with Crippen molar-refractivity contribution in [3.63, 3.8) is 0 Å². The van der Waals surface area contributed by atoms with Gasteiger partial charge in [0.05, 0.1) is 6.04 Å². The summed E-state index contributed by atoms with van der Waals surface area (Å²) in [5.41, 5.74) is 1.81. The SMILES string of the molecule is Cl.O=C(NC(Cc1ccccc1)C1CC1)c1ccn(C2CCCNC2)n1. The molecule has 0 spiro atoms. The van der Waals surface area contributed by atoms with E-state index >= 15 is 0 Å². The number of hydrogen-bond donors (Lipinski definition) is 2. The Kier molecular flexibility index (Phi) is 6.33. The van der Waals surface area contributed by atoms with Crippen molar-refractivity contribution in [2.45, 2.75) is 44.2 Å². The maximum atomic E-state index is 12.7. The van der Waals surface area contributed by atoms with Crippen LogP contribution >= 0.6 is 12.4 Å². The molecule has 1 aromatic carbocycles. The average Bonchev–Trinajstić information content (AvgIpc) is 3.39. The molecule has 2 unspecified atom stereocenters. The number of halogens is 1. The van der Waals surface area contributed by atoms with Crippen LogP contribution in [0.25, 0.3) is 0 Å². The van der Waals surface area contributed by atoms with E-state index in [0.717, 1.165) is 32.4 Å². The summed E-state index contributed by atoms with van der Waals surface area (Å²) in [5.74, 6) is 0.559. The molecular weight excluding hydrogens is 348 g/mol. The average molecular weight is 375 g/mol. The van der Waals surface area contributed by atoms with Crippen molar-refractivity contribution in [3.05, 3.63) is 53.9 Å². The Morgan fingerprint density at radius 2 is 2.04 bits per heavy atom. The van der Waals surface area contributed by atoms with Crippen molar-refractivity contribution in [2.75, 3.05) is 13.1 Å². The highest BCUT2D eigenvalue weighted by Gasteiger charge is 2.33. The highest BCUT2D eigenvalue weighted by atomic mass is 35.5. The number of nitrogens with one attached hydrogen (secondary N) is 2. The number of benzene rings is 1. The molecule has 4 rings (SSSR count). The van der Waals surface area contributed by atoms with Gasteiger partial charge in [-0.3, -0.25) is 9.48 Å². The van der Waals surface area contributed by atoms with Gasteiger partial charge in [-0.25, -0.2) is 0 Å². The van der Waals surface area contributed by atoms with E-state index in [1.54, 1.807) is 0 Å². The fourth-order valence-corrected chi connectivity index (χ4v) is 3.67. The van der Waals surface area contributed by atoms with Crippen molar-refractivity contribution in [2.24, 2.45) is 5.92 Å². The van der Waals surface area contributed by atoms with Crippen LogP contribution < -0.4 is 10.6 Å². The zero-order chi connectivity index (χ0) is 17.1. The Morgan fingerprint density at radius 1 is 1.23 bits per heavy atom. The van der Waals surface area contributed by atoms with Crippen molar-refractivity contribution in [3.8, 4) is 0 Å². The van der Waals surface area contributed by atoms with Crippen LogP contribution in [0.5, 0.6) is 0 Å². The molecule has 6 heteroatoms. The number of amides is 1. The molecule has 1 aromatic heterocycles. The number of carbonyl (C=O) groups excluding carboxylic acids is 1. The van der Waals surface area contributed by atoms with E-state index in [2.05, 4.69) is 40.0 Å². The van der Waals surface area contributed by atoms with E-state index in [-0.39, 0.29) is 24.4 Å². The third-order valence-corrected chi connectivity index (χ3v) is 5.29. The third kappa shape index (κ3) is 4.65. The number of hydrogen-bond acceptors (Lipinski definition) is 3. The van der Waals surface area contributed by atoms with Crippen LogP contribution in [0.4, 0.5) is 0 Å². The van der Waals surface area contributed by atoms with E-state index in [4.69, 9.17) is 0 Å². The maximum Gasteiger partial charge on any atom is 0.272 e. The van der Waals surface area contributed by atoms with Crippen LogP contribution in [0.15, 0.2) is 42.6 Å². The molecule has 2 heterocycles. The Balaban J connectivity index is 0.00000196. The molecule has 26 heavy (non-hydrogen) atoms. The van der Waals surface area contributed by atoms with E-state index in [1.807, 2.05) is 23.0 Å². The smallest absolute Gasteiger partial charge is 0.272 e. The molecule has 1 amide bonds. The van der Waals surface area contributed by atoms with Crippen molar-refractivity contribution >= 4 is 18.3 Å². The Morgan fingerprint density at radius 3 is 2.73 bits per heavy atom. The quantitative estimate of drug-likeness (QED) is 0.817. The standard InChI is InChI=1S/C20H26N4O.ClH/c25-20(18-10-12-24(23-18)17-7-4-11-21-14-17)22-19(16-8-9-16)13-15-5-2-1-3-6-15;/h1-3,5-6,10,12,16-17,19,21H,4,7-9,11,13-14H2,(H,22,25);1H. The molecule has 1 aliphatic carbocycles. The molecule has 2 N–H and O–H groups in total. The summed E-state index contributed by atoms with van der Waals surface area (Å²) in [4.78, 5) is 12.7. The van der Waals surface area contributed by atoms with Crippen molar-refractivity contribution in [1.82, 2.24) is 20.4 Å². The van der Waals surface area contributed by atoms with Gasteiger partial charge in [0.1, 0.15) is 5.69 Å². The second-order valence-electron chi connectivity index (χ2n) is 7.29. The summed E-state index contributed by atoms with van der Waals surface area (Å²) in [5, 5.41) is 11.2. The molecule has 2 atom stereocenters. The van der Waals surface area contributed by atoms with Gasteiger partial charge in [-0.2, -0.15) is 5.10 Å². The topological polar surface area (TPSA) is 59.0 Å². The fourth-order valence-electron chi connectivity index (χ4n) is 3.67. The summed E-state index contributed by atoms with van der Waals surface area (Å²) in [6.45, 7) is 2.01. The molecule has 1 saturated heterocycles. The minimum Gasteiger partial charge on any atom is -0.347 e. The molecule has 0 bridgehead atoms.